The Hall–Kier alpha value is -2.22. The third-order valence-corrected chi connectivity index (χ3v) is 8.45. The molecule has 32 heavy (non-hydrogen) atoms. The Bertz CT molecular complexity index is 1080. The molecule has 6 nitrogen and oxygen atoms in total. The second kappa shape index (κ2) is 10.1. The van der Waals surface area contributed by atoms with Gasteiger partial charge in [-0.15, -0.1) is 0 Å². The van der Waals surface area contributed by atoms with Gasteiger partial charge in [-0.3, -0.25) is 9.69 Å². The zero-order valence-electron chi connectivity index (χ0n) is 19.8. The first-order valence-electron chi connectivity index (χ1n) is 11.2. The summed E-state index contributed by atoms with van der Waals surface area (Å²) in [5, 5.41) is 2.99. The quantitative estimate of drug-likeness (QED) is 0.686. The zero-order valence-corrected chi connectivity index (χ0v) is 20.6. The molecule has 0 aliphatic carbocycles. The monoisotopic (exact) mass is 457 g/mol. The van der Waals surface area contributed by atoms with Gasteiger partial charge in [0.2, 0.25) is 10.0 Å². The molecule has 1 N–H and O–H groups in total. The van der Waals surface area contributed by atoms with Crippen molar-refractivity contribution in [3.05, 3.63) is 64.2 Å². The van der Waals surface area contributed by atoms with Crippen LogP contribution in [0.1, 0.15) is 58.8 Å². The van der Waals surface area contributed by atoms with Gasteiger partial charge < -0.3 is 5.32 Å². The summed E-state index contributed by atoms with van der Waals surface area (Å²) in [6, 6.07) is 12.0. The van der Waals surface area contributed by atoms with Crippen molar-refractivity contribution in [3.8, 4) is 0 Å². The summed E-state index contributed by atoms with van der Waals surface area (Å²) < 4.78 is 26.6. The Morgan fingerprint density at radius 2 is 1.81 bits per heavy atom. The Morgan fingerprint density at radius 3 is 2.47 bits per heavy atom. The topological polar surface area (TPSA) is 69.7 Å². The number of hydrogen-bond donors (Lipinski definition) is 1. The minimum absolute atomic E-state index is 0.173. The van der Waals surface area contributed by atoms with Gasteiger partial charge in [0.1, 0.15) is 0 Å². The largest absolute Gasteiger partial charge is 0.348 e. The number of nitrogens with one attached hydrogen (secondary N) is 1. The number of hydrogen-bond acceptors (Lipinski definition) is 4. The molecule has 0 bridgehead atoms. The lowest BCUT2D eigenvalue weighted by Gasteiger charge is -2.33. The molecule has 0 spiro atoms. The van der Waals surface area contributed by atoms with Crippen molar-refractivity contribution in [2.45, 2.75) is 64.1 Å². The molecule has 1 atom stereocenters. The lowest BCUT2D eigenvalue weighted by atomic mass is 10.0. The van der Waals surface area contributed by atoms with Crippen LogP contribution in [0.5, 0.6) is 0 Å². The number of carbonyl (C=O) groups excluding carboxylic acids is 1. The van der Waals surface area contributed by atoms with E-state index in [4.69, 9.17) is 0 Å². The van der Waals surface area contributed by atoms with Crippen molar-refractivity contribution in [1.82, 2.24) is 14.5 Å². The summed E-state index contributed by atoms with van der Waals surface area (Å²) in [5.74, 6) is -0.274. The van der Waals surface area contributed by atoms with Crippen LogP contribution in [0.3, 0.4) is 0 Å². The van der Waals surface area contributed by atoms with Crippen molar-refractivity contribution < 1.29 is 13.2 Å². The highest BCUT2D eigenvalue weighted by atomic mass is 32.2. The smallest absolute Gasteiger partial charge is 0.251 e. The normalized spacial score (nSPS) is 17.5. The Balaban J connectivity index is 1.78. The van der Waals surface area contributed by atoms with Crippen molar-refractivity contribution >= 4 is 15.9 Å². The molecule has 0 radical (unpaired) electrons. The molecule has 1 unspecified atom stereocenters. The van der Waals surface area contributed by atoms with Gasteiger partial charge in [0.05, 0.1) is 4.90 Å². The van der Waals surface area contributed by atoms with Crippen LogP contribution in [0.25, 0.3) is 0 Å². The van der Waals surface area contributed by atoms with E-state index in [0.29, 0.717) is 23.7 Å². The molecule has 1 aliphatic heterocycles. The molecule has 1 aliphatic rings. The summed E-state index contributed by atoms with van der Waals surface area (Å²) in [4.78, 5) is 15.6. The number of rotatable bonds is 7. The number of sulfonamides is 1. The van der Waals surface area contributed by atoms with E-state index in [1.165, 1.54) is 49.3 Å². The number of aryl methyl sites for hydroxylation is 1. The fraction of sp³-hybridized carbons (Fsp3) is 0.480. The summed E-state index contributed by atoms with van der Waals surface area (Å²) in [6.45, 7) is 8.26. The maximum absolute atomic E-state index is 13.0. The van der Waals surface area contributed by atoms with E-state index in [1.54, 1.807) is 13.0 Å². The standard InChI is InChI=1S/C25H35N3O3S/c1-18-14-23(15-24(20(18)3)32(30,31)27(4)5)25(29)26-16-21-11-6-7-12-22(21)17-28-13-9-8-10-19(28)2/h6-7,11-12,14-15,19H,8-10,13,16-17H2,1-5H3,(H,26,29). The summed E-state index contributed by atoms with van der Waals surface area (Å²) in [7, 11) is -0.640. The lowest BCUT2D eigenvalue weighted by molar-refractivity contribution is 0.0950. The molecule has 0 saturated carbocycles. The molecular weight excluding hydrogens is 422 g/mol. The van der Waals surface area contributed by atoms with E-state index in [2.05, 4.69) is 23.2 Å². The van der Waals surface area contributed by atoms with Crippen LogP contribution in [0.15, 0.2) is 41.3 Å². The van der Waals surface area contributed by atoms with Gasteiger partial charge in [-0.05, 0) is 74.5 Å². The van der Waals surface area contributed by atoms with E-state index < -0.39 is 10.0 Å². The molecule has 0 aromatic heterocycles. The maximum Gasteiger partial charge on any atom is 0.251 e. The van der Waals surface area contributed by atoms with Gasteiger partial charge in [-0.2, -0.15) is 0 Å². The molecule has 174 valence electrons. The van der Waals surface area contributed by atoms with Gasteiger partial charge in [0.15, 0.2) is 0 Å². The van der Waals surface area contributed by atoms with Crippen LogP contribution >= 0.6 is 0 Å². The van der Waals surface area contributed by atoms with Gasteiger partial charge in [-0.25, -0.2) is 12.7 Å². The SMILES string of the molecule is Cc1cc(C(=O)NCc2ccccc2CN2CCCCC2C)cc(S(=O)(=O)N(C)C)c1C. The zero-order chi connectivity index (χ0) is 23.5. The first-order valence-corrected chi connectivity index (χ1v) is 12.7. The van der Waals surface area contributed by atoms with E-state index in [0.717, 1.165) is 24.2 Å². The second-order valence-corrected chi connectivity index (χ2v) is 11.1. The van der Waals surface area contributed by atoms with Gasteiger partial charge in [0.25, 0.3) is 5.91 Å². The molecule has 1 saturated heterocycles. The van der Waals surface area contributed by atoms with E-state index in [-0.39, 0.29) is 10.8 Å². The highest BCUT2D eigenvalue weighted by Crippen LogP contribution is 2.24. The number of amides is 1. The number of nitrogens with zero attached hydrogens (tertiary/aromatic N) is 2. The fourth-order valence-corrected chi connectivity index (χ4v) is 5.41. The van der Waals surface area contributed by atoms with Gasteiger partial charge >= 0.3 is 0 Å². The van der Waals surface area contributed by atoms with Gasteiger partial charge in [0, 0.05) is 38.8 Å². The van der Waals surface area contributed by atoms with Crippen LogP contribution < -0.4 is 5.32 Å². The van der Waals surface area contributed by atoms with E-state index >= 15 is 0 Å². The van der Waals surface area contributed by atoms with Crippen molar-refractivity contribution in [2.75, 3.05) is 20.6 Å². The Morgan fingerprint density at radius 1 is 1.12 bits per heavy atom. The predicted molar refractivity (Wildman–Crippen MR) is 128 cm³/mol. The third kappa shape index (κ3) is 5.39. The predicted octanol–water partition coefficient (Wildman–Crippen LogP) is 3.86. The minimum Gasteiger partial charge on any atom is -0.348 e. The first-order chi connectivity index (χ1) is 15.1. The molecule has 1 heterocycles. The highest BCUT2D eigenvalue weighted by Gasteiger charge is 2.23. The van der Waals surface area contributed by atoms with Crippen LogP contribution in [0.2, 0.25) is 0 Å². The number of likely N-dealkylation sites (tertiary alicyclic amines) is 1. The molecule has 2 aromatic carbocycles. The Labute approximate surface area is 192 Å². The number of carbonyl (C=O) groups is 1. The van der Waals surface area contributed by atoms with Gasteiger partial charge in [-0.1, -0.05) is 30.7 Å². The van der Waals surface area contributed by atoms with Crippen molar-refractivity contribution in [2.24, 2.45) is 0 Å². The van der Waals surface area contributed by atoms with Crippen LogP contribution in [-0.4, -0.2) is 50.2 Å². The summed E-state index contributed by atoms with van der Waals surface area (Å²) >= 11 is 0. The van der Waals surface area contributed by atoms with E-state index in [9.17, 15) is 13.2 Å². The molecule has 3 rings (SSSR count). The van der Waals surface area contributed by atoms with Crippen LogP contribution in [0.4, 0.5) is 0 Å². The molecule has 1 amide bonds. The fourth-order valence-electron chi connectivity index (χ4n) is 4.20. The number of piperidine rings is 1. The van der Waals surface area contributed by atoms with Crippen LogP contribution in [-0.2, 0) is 23.1 Å². The van der Waals surface area contributed by atoms with Crippen molar-refractivity contribution in [1.29, 1.82) is 0 Å². The Kier molecular flexibility index (Phi) is 7.75. The minimum atomic E-state index is -3.63. The molecule has 1 fully saturated rings. The summed E-state index contributed by atoms with van der Waals surface area (Å²) in [6.07, 6.45) is 3.74. The van der Waals surface area contributed by atoms with Crippen LogP contribution in [0, 0.1) is 13.8 Å². The highest BCUT2D eigenvalue weighted by molar-refractivity contribution is 7.89. The van der Waals surface area contributed by atoms with Crippen molar-refractivity contribution in [3.63, 3.8) is 0 Å². The second-order valence-electron chi connectivity index (χ2n) is 8.97. The average molecular weight is 458 g/mol. The average Bonchev–Trinajstić information content (AvgIpc) is 2.76. The molecule has 2 aromatic rings. The molecule has 7 heteroatoms. The summed E-state index contributed by atoms with van der Waals surface area (Å²) in [5.41, 5.74) is 4.10. The number of benzene rings is 2. The third-order valence-electron chi connectivity index (χ3n) is 6.51. The maximum atomic E-state index is 13.0. The first kappa shape index (κ1) is 24.4. The lowest BCUT2D eigenvalue weighted by Crippen LogP contribution is -2.37. The van der Waals surface area contributed by atoms with E-state index in [1.807, 2.05) is 25.1 Å². The molecular formula is C25H35N3O3S.